The predicted molar refractivity (Wildman–Crippen MR) is 147 cm³/mol. The molecule has 7 nitrogen and oxygen atoms in total. The second-order valence-electron chi connectivity index (χ2n) is 10.1. The standard InChI is InChI=1S/C30H34ClNO6/c1-30(2,3)38-29(36)32(19-27(33)24-5-4-6-25(31)18-24)16-15-21-7-9-22(10-8-21)17-23-11-13-26(14-12-23)37-20-28(34)35/h4-14,18,27,33H,15-17,19-20H2,1-3H3,(H,34,35)/t27-/m1/s1. The fourth-order valence-electron chi connectivity index (χ4n) is 3.78. The van der Waals surface area contributed by atoms with Gasteiger partial charge < -0.3 is 24.6 Å². The van der Waals surface area contributed by atoms with Crippen LogP contribution in [0.15, 0.2) is 72.8 Å². The Morgan fingerprint density at radius 3 is 2.13 bits per heavy atom. The number of carbonyl (C=O) groups excluding carboxylic acids is 1. The number of aliphatic hydroxyl groups is 1. The predicted octanol–water partition coefficient (Wildman–Crippen LogP) is 5.91. The first-order chi connectivity index (χ1) is 18.0. The first kappa shape index (κ1) is 29.0. The van der Waals surface area contributed by atoms with E-state index < -0.39 is 23.8 Å². The molecule has 0 aromatic heterocycles. The van der Waals surface area contributed by atoms with Crippen molar-refractivity contribution >= 4 is 23.7 Å². The summed E-state index contributed by atoms with van der Waals surface area (Å²) in [6.45, 7) is 5.53. The normalized spacial score (nSPS) is 12.0. The lowest BCUT2D eigenvalue weighted by molar-refractivity contribution is -0.139. The van der Waals surface area contributed by atoms with Crippen molar-refractivity contribution in [2.45, 2.75) is 45.3 Å². The van der Waals surface area contributed by atoms with Crippen LogP contribution >= 0.6 is 11.6 Å². The van der Waals surface area contributed by atoms with Crippen molar-refractivity contribution in [2.24, 2.45) is 0 Å². The lowest BCUT2D eigenvalue weighted by atomic mass is 10.0. The van der Waals surface area contributed by atoms with Gasteiger partial charge in [0.15, 0.2) is 6.61 Å². The largest absolute Gasteiger partial charge is 0.482 e. The number of nitrogens with zero attached hydrogens (tertiary/aromatic N) is 1. The summed E-state index contributed by atoms with van der Waals surface area (Å²) < 4.78 is 10.8. The summed E-state index contributed by atoms with van der Waals surface area (Å²) in [6, 6.07) is 22.5. The Morgan fingerprint density at radius 1 is 0.947 bits per heavy atom. The number of ether oxygens (including phenoxy) is 2. The van der Waals surface area contributed by atoms with Gasteiger partial charge in [0, 0.05) is 11.6 Å². The van der Waals surface area contributed by atoms with E-state index in [0.29, 0.717) is 29.3 Å². The molecule has 3 aromatic rings. The average molecular weight is 540 g/mol. The minimum Gasteiger partial charge on any atom is -0.482 e. The topological polar surface area (TPSA) is 96.3 Å². The van der Waals surface area contributed by atoms with Crippen molar-refractivity contribution < 1.29 is 29.3 Å². The van der Waals surface area contributed by atoms with E-state index in [2.05, 4.69) is 0 Å². The van der Waals surface area contributed by atoms with Gasteiger partial charge >= 0.3 is 12.1 Å². The molecule has 2 N–H and O–H groups in total. The third kappa shape index (κ3) is 9.72. The molecule has 0 radical (unpaired) electrons. The summed E-state index contributed by atoms with van der Waals surface area (Å²) in [5.74, 6) is -0.498. The van der Waals surface area contributed by atoms with Crippen molar-refractivity contribution in [1.29, 1.82) is 0 Å². The minimum absolute atomic E-state index is 0.0829. The van der Waals surface area contributed by atoms with Crippen LogP contribution in [-0.4, -0.2) is 52.5 Å². The summed E-state index contributed by atoms with van der Waals surface area (Å²) in [5, 5.41) is 20.0. The Morgan fingerprint density at radius 2 is 1.55 bits per heavy atom. The lowest BCUT2D eigenvalue weighted by Gasteiger charge is -2.29. The summed E-state index contributed by atoms with van der Waals surface area (Å²) in [5.41, 5.74) is 3.23. The Kier molecular flexibility index (Phi) is 10.2. The number of benzene rings is 3. The Labute approximate surface area is 228 Å². The number of amides is 1. The molecule has 0 aliphatic carbocycles. The highest BCUT2D eigenvalue weighted by Crippen LogP contribution is 2.21. The first-order valence-electron chi connectivity index (χ1n) is 12.4. The number of carbonyl (C=O) groups is 2. The molecule has 0 heterocycles. The molecule has 202 valence electrons. The van der Waals surface area contributed by atoms with Crippen LogP contribution < -0.4 is 4.74 Å². The van der Waals surface area contributed by atoms with Crippen LogP contribution in [0, 0.1) is 0 Å². The van der Waals surface area contributed by atoms with Crippen LogP contribution in [0.4, 0.5) is 4.79 Å². The molecule has 0 aliphatic rings. The van der Waals surface area contributed by atoms with Crippen molar-refractivity contribution in [2.75, 3.05) is 19.7 Å². The number of aliphatic hydroxyl groups excluding tert-OH is 1. The van der Waals surface area contributed by atoms with Gasteiger partial charge in [-0.25, -0.2) is 9.59 Å². The maximum atomic E-state index is 12.9. The van der Waals surface area contributed by atoms with E-state index >= 15 is 0 Å². The number of hydrogen-bond acceptors (Lipinski definition) is 5. The Balaban J connectivity index is 1.61. The molecule has 1 amide bonds. The van der Waals surface area contributed by atoms with E-state index in [1.807, 2.05) is 57.2 Å². The van der Waals surface area contributed by atoms with Crippen LogP contribution in [0.3, 0.4) is 0 Å². The number of aliphatic carboxylic acids is 1. The molecule has 0 spiro atoms. The Bertz CT molecular complexity index is 1200. The number of carboxylic acid groups (broad SMARTS) is 1. The number of carboxylic acids is 1. The molecule has 1 atom stereocenters. The molecule has 0 saturated carbocycles. The second kappa shape index (κ2) is 13.3. The van der Waals surface area contributed by atoms with E-state index in [0.717, 1.165) is 23.1 Å². The molecule has 0 bridgehead atoms. The maximum absolute atomic E-state index is 12.9. The Hall–Kier alpha value is -3.55. The molecule has 8 heteroatoms. The van der Waals surface area contributed by atoms with Gasteiger partial charge in [-0.05, 0) is 80.1 Å². The van der Waals surface area contributed by atoms with E-state index in [4.69, 9.17) is 26.2 Å². The second-order valence-corrected chi connectivity index (χ2v) is 10.5. The van der Waals surface area contributed by atoms with E-state index in [-0.39, 0.29) is 13.2 Å². The fourth-order valence-corrected chi connectivity index (χ4v) is 3.98. The number of halogens is 1. The van der Waals surface area contributed by atoms with Gasteiger partial charge in [-0.3, -0.25) is 0 Å². The summed E-state index contributed by atoms with van der Waals surface area (Å²) in [7, 11) is 0. The van der Waals surface area contributed by atoms with Crippen LogP contribution in [-0.2, 0) is 22.4 Å². The third-order valence-corrected chi connectivity index (χ3v) is 5.90. The summed E-state index contributed by atoms with van der Waals surface area (Å²) in [6.07, 6.45) is -0.0669. The monoisotopic (exact) mass is 539 g/mol. The summed E-state index contributed by atoms with van der Waals surface area (Å²) >= 11 is 6.07. The number of hydrogen-bond donors (Lipinski definition) is 2. The first-order valence-corrected chi connectivity index (χ1v) is 12.8. The van der Waals surface area contributed by atoms with E-state index in [9.17, 15) is 14.7 Å². The molecular formula is C30H34ClNO6. The van der Waals surface area contributed by atoms with Gasteiger partial charge in [-0.2, -0.15) is 0 Å². The fraction of sp³-hybridized carbons (Fsp3) is 0.333. The van der Waals surface area contributed by atoms with E-state index in [1.54, 1.807) is 36.4 Å². The van der Waals surface area contributed by atoms with Crippen molar-refractivity contribution in [3.05, 3.63) is 100 Å². The zero-order chi connectivity index (χ0) is 27.7. The quantitative estimate of drug-likeness (QED) is 0.314. The molecular weight excluding hydrogens is 506 g/mol. The molecule has 0 fully saturated rings. The summed E-state index contributed by atoms with van der Waals surface area (Å²) in [4.78, 5) is 25.1. The van der Waals surface area contributed by atoms with E-state index in [1.165, 1.54) is 4.90 Å². The SMILES string of the molecule is CC(C)(C)OC(=O)N(CCc1ccc(Cc2ccc(OCC(=O)O)cc2)cc1)C[C@@H](O)c1cccc(Cl)c1. The van der Waals surface area contributed by atoms with Crippen molar-refractivity contribution in [3.63, 3.8) is 0 Å². The number of rotatable bonds is 11. The van der Waals surface area contributed by atoms with Crippen molar-refractivity contribution in [1.82, 2.24) is 4.90 Å². The van der Waals surface area contributed by atoms with Crippen LogP contribution in [0.2, 0.25) is 5.02 Å². The average Bonchev–Trinajstić information content (AvgIpc) is 2.85. The van der Waals surface area contributed by atoms with Gasteiger partial charge in [-0.15, -0.1) is 0 Å². The molecule has 0 unspecified atom stereocenters. The van der Waals surface area contributed by atoms with Gasteiger partial charge in [-0.1, -0.05) is 60.1 Å². The van der Waals surface area contributed by atoms with Crippen LogP contribution in [0.5, 0.6) is 5.75 Å². The maximum Gasteiger partial charge on any atom is 0.410 e. The van der Waals surface area contributed by atoms with Crippen LogP contribution in [0.1, 0.15) is 49.1 Å². The highest BCUT2D eigenvalue weighted by atomic mass is 35.5. The zero-order valence-corrected chi connectivity index (χ0v) is 22.6. The highest BCUT2D eigenvalue weighted by molar-refractivity contribution is 6.30. The van der Waals surface area contributed by atoms with Gasteiger partial charge in [0.25, 0.3) is 0 Å². The zero-order valence-electron chi connectivity index (χ0n) is 21.9. The van der Waals surface area contributed by atoms with Gasteiger partial charge in [0.05, 0.1) is 12.6 Å². The van der Waals surface area contributed by atoms with Crippen LogP contribution in [0.25, 0.3) is 0 Å². The molecule has 0 aliphatic heterocycles. The molecule has 3 aromatic carbocycles. The minimum atomic E-state index is -1.01. The smallest absolute Gasteiger partial charge is 0.410 e. The van der Waals surface area contributed by atoms with Gasteiger partial charge in [0.1, 0.15) is 11.4 Å². The highest BCUT2D eigenvalue weighted by Gasteiger charge is 2.24. The lowest BCUT2D eigenvalue weighted by Crippen LogP contribution is -2.40. The van der Waals surface area contributed by atoms with Crippen molar-refractivity contribution in [3.8, 4) is 5.75 Å². The van der Waals surface area contributed by atoms with Gasteiger partial charge in [0.2, 0.25) is 0 Å². The third-order valence-electron chi connectivity index (χ3n) is 5.67. The molecule has 0 saturated heterocycles. The molecule has 38 heavy (non-hydrogen) atoms. The molecule has 3 rings (SSSR count).